The second-order valence-corrected chi connectivity index (χ2v) is 5.68. The van der Waals surface area contributed by atoms with Crippen LogP contribution in [0.3, 0.4) is 0 Å². The molecular formula is C11H9I2N3O4. The van der Waals surface area contributed by atoms with Crippen LogP contribution in [0.5, 0.6) is 5.75 Å². The number of nitrogens with zero attached hydrogens (tertiary/aromatic N) is 2. The fourth-order valence-corrected chi connectivity index (χ4v) is 2.47. The van der Waals surface area contributed by atoms with Crippen molar-refractivity contribution >= 4 is 57.3 Å². The topological polar surface area (TPSA) is 103 Å². The molecule has 106 valence electrons. The van der Waals surface area contributed by atoms with Gasteiger partial charge in [-0.15, -0.1) is 0 Å². The first-order valence-electron chi connectivity index (χ1n) is 5.29. The molecule has 0 saturated carbocycles. The summed E-state index contributed by atoms with van der Waals surface area (Å²) in [4.78, 5) is 34.4. The summed E-state index contributed by atoms with van der Waals surface area (Å²) in [6.45, 7) is 0. The molecule has 0 bridgehead atoms. The Balaban J connectivity index is 0.000000217. The molecule has 1 fully saturated rings. The average Bonchev–Trinajstić information content (AvgIpc) is 2.73. The maximum Gasteiger partial charge on any atom is 0.269 e. The molecule has 0 spiro atoms. The first-order valence-corrected chi connectivity index (χ1v) is 7.33. The van der Waals surface area contributed by atoms with Gasteiger partial charge < -0.3 is 9.72 Å². The Morgan fingerprint density at radius 1 is 1.35 bits per heavy atom. The van der Waals surface area contributed by atoms with E-state index in [0.29, 0.717) is 22.2 Å². The Labute approximate surface area is 141 Å². The number of amides is 2. The molecule has 1 saturated heterocycles. The van der Waals surface area contributed by atoms with Gasteiger partial charge in [0.25, 0.3) is 5.56 Å². The van der Waals surface area contributed by atoms with Crippen molar-refractivity contribution in [2.24, 2.45) is 0 Å². The van der Waals surface area contributed by atoms with Crippen molar-refractivity contribution in [3.05, 3.63) is 25.7 Å². The monoisotopic (exact) mass is 501 g/mol. The molecule has 1 aromatic heterocycles. The zero-order valence-corrected chi connectivity index (χ0v) is 14.6. The molecule has 0 aliphatic carbocycles. The summed E-state index contributed by atoms with van der Waals surface area (Å²) >= 11 is 3.70. The molecule has 9 heteroatoms. The van der Waals surface area contributed by atoms with Crippen molar-refractivity contribution in [3.63, 3.8) is 0 Å². The highest BCUT2D eigenvalue weighted by molar-refractivity contribution is 14.1. The molecule has 0 radical (unpaired) electrons. The third kappa shape index (κ3) is 3.92. The smallest absolute Gasteiger partial charge is 0.269 e. The van der Waals surface area contributed by atoms with Crippen molar-refractivity contribution in [2.75, 3.05) is 7.11 Å². The highest BCUT2D eigenvalue weighted by Gasteiger charge is 2.26. The largest absolute Gasteiger partial charge is 0.494 e. The predicted octanol–water partition coefficient (Wildman–Crippen LogP) is 1.35. The molecule has 2 rings (SSSR count). The number of pyridine rings is 1. The number of hydrogen-bond acceptors (Lipinski definition) is 5. The lowest BCUT2D eigenvalue weighted by Crippen LogP contribution is -2.16. The third-order valence-electron chi connectivity index (χ3n) is 2.31. The van der Waals surface area contributed by atoms with Crippen LogP contribution in [0.15, 0.2) is 11.0 Å². The van der Waals surface area contributed by atoms with Crippen LogP contribution in [-0.2, 0) is 9.59 Å². The molecule has 0 atom stereocenters. The van der Waals surface area contributed by atoms with Crippen molar-refractivity contribution in [1.29, 1.82) is 5.26 Å². The van der Waals surface area contributed by atoms with Crippen molar-refractivity contribution in [2.45, 2.75) is 12.8 Å². The Bertz CT molecular complexity index is 620. The van der Waals surface area contributed by atoms with Crippen LogP contribution in [0.2, 0.25) is 0 Å². The summed E-state index contributed by atoms with van der Waals surface area (Å²) in [5.41, 5.74) is -0.404. The Morgan fingerprint density at radius 2 is 1.90 bits per heavy atom. The summed E-state index contributed by atoms with van der Waals surface area (Å²) in [6, 6.07) is 1.78. The van der Waals surface area contributed by atoms with Crippen LogP contribution >= 0.6 is 45.5 Å². The summed E-state index contributed by atoms with van der Waals surface area (Å²) in [5, 5.41) is 8.60. The van der Waals surface area contributed by atoms with Crippen molar-refractivity contribution in [1.82, 2.24) is 8.10 Å². The number of nitrogens with one attached hydrogen (secondary N) is 1. The highest BCUT2D eigenvalue weighted by atomic mass is 127. The number of rotatable bonds is 1. The van der Waals surface area contributed by atoms with E-state index in [-0.39, 0.29) is 17.4 Å². The van der Waals surface area contributed by atoms with Crippen LogP contribution in [0.4, 0.5) is 0 Å². The molecule has 20 heavy (non-hydrogen) atoms. The number of nitriles is 1. The maximum atomic E-state index is 11.0. The van der Waals surface area contributed by atoms with Gasteiger partial charge >= 0.3 is 0 Å². The van der Waals surface area contributed by atoms with Gasteiger partial charge in [0.1, 0.15) is 6.07 Å². The molecule has 7 nitrogen and oxygen atoms in total. The van der Waals surface area contributed by atoms with E-state index >= 15 is 0 Å². The number of H-pyrrole nitrogens is 1. The van der Waals surface area contributed by atoms with E-state index in [0.717, 1.165) is 3.11 Å². The maximum absolute atomic E-state index is 11.0. The number of aromatic nitrogens is 1. The van der Waals surface area contributed by atoms with E-state index in [1.807, 2.05) is 22.6 Å². The first kappa shape index (κ1) is 16.9. The van der Waals surface area contributed by atoms with E-state index < -0.39 is 5.56 Å². The lowest BCUT2D eigenvalue weighted by Gasteiger charge is -2.02. The number of carbonyl (C=O) groups excluding carboxylic acids is 2. The Morgan fingerprint density at radius 3 is 2.20 bits per heavy atom. The molecule has 1 aliphatic rings. The fourth-order valence-electron chi connectivity index (χ4n) is 1.34. The minimum Gasteiger partial charge on any atom is -0.494 e. The van der Waals surface area contributed by atoms with Crippen LogP contribution < -0.4 is 10.3 Å². The molecule has 0 aromatic carbocycles. The second-order valence-electron chi connectivity index (χ2n) is 3.55. The number of methoxy groups -OCH3 is 1. The van der Waals surface area contributed by atoms with Gasteiger partial charge in [0, 0.05) is 19.0 Å². The van der Waals surface area contributed by atoms with Crippen LogP contribution in [0.25, 0.3) is 0 Å². The minimum absolute atomic E-state index is 0.0180. The number of imide groups is 1. The number of carbonyl (C=O) groups is 2. The van der Waals surface area contributed by atoms with Gasteiger partial charge in [-0.3, -0.25) is 14.4 Å². The van der Waals surface area contributed by atoms with Gasteiger partial charge in [-0.1, -0.05) is 0 Å². The molecule has 1 aromatic rings. The summed E-state index contributed by atoms with van der Waals surface area (Å²) in [6.07, 6.45) is 2.28. The molecule has 1 N–H and O–H groups in total. The molecule has 0 unspecified atom stereocenters. The van der Waals surface area contributed by atoms with Gasteiger partial charge in [0.2, 0.25) is 11.8 Å². The van der Waals surface area contributed by atoms with Crippen LogP contribution in [-0.4, -0.2) is 27.0 Å². The SMILES string of the molecule is COc1c(I)c[nH]c(=O)c1C#N.O=C1CCC(=O)N1I. The van der Waals surface area contributed by atoms with E-state index in [2.05, 4.69) is 4.98 Å². The summed E-state index contributed by atoms with van der Waals surface area (Å²) in [5.74, 6) is 0.188. The van der Waals surface area contributed by atoms with E-state index in [1.165, 1.54) is 13.3 Å². The number of hydrogen-bond donors (Lipinski definition) is 1. The van der Waals surface area contributed by atoms with Gasteiger partial charge in [0.05, 0.1) is 33.5 Å². The third-order valence-corrected chi connectivity index (χ3v) is 4.19. The summed E-state index contributed by atoms with van der Waals surface area (Å²) < 4.78 is 6.75. The normalized spacial score (nSPS) is 13.6. The van der Waals surface area contributed by atoms with E-state index in [9.17, 15) is 14.4 Å². The molecular weight excluding hydrogens is 492 g/mol. The van der Waals surface area contributed by atoms with E-state index in [1.54, 1.807) is 28.9 Å². The zero-order valence-electron chi connectivity index (χ0n) is 10.3. The van der Waals surface area contributed by atoms with E-state index in [4.69, 9.17) is 10.00 Å². The standard InChI is InChI=1S/C7H5IN2O2.C4H4INO2/c1-12-6-4(2-9)7(11)10-3-5(6)8;5-6-3(7)1-2-4(6)8/h3H,1H3,(H,10,11);1-2H2. The quantitative estimate of drug-likeness (QED) is 0.356. The second kappa shape index (κ2) is 7.58. The fraction of sp³-hybridized carbons (Fsp3) is 0.273. The lowest BCUT2D eigenvalue weighted by atomic mass is 10.3. The zero-order chi connectivity index (χ0) is 15.3. The number of halogens is 2. The van der Waals surface area contributed by atoms with Crippen molar-refractivity contribution in [3.8, 4) is 11.8 Å². The highest BCUT2D eigenvalue weighted by Crippen LogP contribution is 2.20. The van der Waals surface area contributed by atoms with Crippen molar-refractivity contribution < 1.29 is 14.3 Å². The van der Waals surface area contributed by atoms with Gasteiger partial charge in [-0.2, -0.15) is 5.26 Å². The average molecular weight is 501 g/mol. The van der Waals surface area contributed by atoms with Crippen LogP contribution in [0.1, 0.15) is 18.4 Å². The molecule has 1 aliphatic heterocycles. The minimum atomic E-state index is -0.422. The first-order chi connectivity index (χ1) is 9.42. The van der Waals surface area contributed by atoms with Crippen LogP contribution in [0, 0.1) is 14.9 Å². The molecule has 2 amide bonds. The Hall–Kier alpha value is -1.16. The lowest BCUT2D eigenvalue weighted by molar-refractivity contribution is -0.130. The Kier molecular flexibility index (Phi) is 6.40. The number of ether oxygens (including phenoxy) is 1. The van der Waals surface area contributed by atoms with Gasteiger partial charge in [-0.05, 0) is 22.6 Å². The number of aromatic amines is 1. The van der Waals surface area contributed by atoms with Gasteiger partial charge in [-0.25, -0.2) is 3.11 Å². The predicted molar refractivity (Wildman–Crippen MR) is 86.2 cm³/mol. The summed E-state index contributed by atoms with van der Waals surface area (Å²) in [7, 11) is 1.43. The molecule has 2 heterocycles. The van der Waals surface area contributed by atoms with Gasteiger partial charge in [0.15, 0.2) is 11.3 Å².